The maximum absolute atomic E-state index is 12.5. The van der Waals surface area contributed by atoms with E-state index in [4.69, 9.17) is 23.2 Å². The minimum Gasteiger partial charge on any atom is -0.374 e. The Morgan fingerprint density at radius 1 is 0.793 bits per heavy atom. The van der Waals surface area contributed by atoms with E-state index >= 15 is 0 Å². The van der Waals surface area contributed by atoms with E-state index in [1.807, 2.05) is 13.0 Å². The van der Waals surface area contributed by atoms with Gasteiger partial charge in [0.1, 0.15) is 0 Å². The normalized spacial score (nSPS) is 10.3. The molecule has 0 aromatic heterocycles. The lowest BCUT2D eigenvalue weighted by atomic mass is 10.2. The van der Waals surface area contributed by atoms with Gasteiger partial charge in [-0.25, -0.2) is 0 Å². The predicted molar refractivity (Wildman–Crippen MR) is 119 cm³/mol. The van der Waals surface area contributed by atoms with E-state index in [0.29, 0.717) is 32.7 Å². The van der Waals surface area contributed by atoms with Crippen LogP contribution in [0, 0.1) is 6.92 Å². The summed E-state index contributed by atoms with van der Waals surface area (Å²) in [5, 5.41) is 9.87. The number of hydrogen-bond acceptors (Lipinski definition) is 3. The molecule has 0 heterocycles. The minimum atomic E-state index is -0.269. The van der Waals surface area contributed by atoms with Gasteiger partial charge in [0.25, 0.3) is 5.91 Å². The van der Waals surface area contributed by atoms with Gasteiger partial charge in [0.2, 0.25) is 5.91 Å². The van der Waals surface area contributed by atoms with Crippen LogP contribution in [0.2, 0.25) is 10.0 Å². The number of benzene rings is 3. The van der Waals surface area contributed by atoms with E-state index in [9.17, 15) is 9.59 Å². The van der Waals surface area contributed by atoms with Gasteiger partial charge in [-0.1, -0.05) is 41.4 Å². The van der Waals surface area contributed by atoms with Gasteiger partial charge in [0, 0.05) is 21.3 Å². The second-order valence-electron chi connectivity index (χ2n) is 6.32. The lowest BCUT2D eigenvalue weighted by molar-refractivity contribution is -0.114. The first-order chi connectivity index (χ1) is 13.9. The van der Waals surface area contributed by atoms with Crippen molar-refractivity contribution in [1.82, 2.24) is 0 Å². The Hall–Kier alpha value is -3.02. The van der Waals surface area contributed by atoms with Crippen LogP contribution in [0.4, 0.5) is 17.1 Å². The smallest absolute Gasteiger partial charge is 0.255 e. The van der Waals surface area contributed by atoms with Gasteiger partial charge in [-0.05, 0) is 61.0 Å². The van der Waals surface area contributed by atoms with Crippen LogP contribution < -0.4 is 16.0 Å². The van der Waals surface area contributed by atoms with Crippen LogP contribution >= 0.6 is 23.2 Å². The number of rotatable bonds is 6. The summed E-state index contributed by atoms with van der Waals surface area (Å²) in [6, 6.07) is 19.1. The van der Waals surface area contributed by atoms with E-state index < -0.39 is 0 Å². The lowest BCUT2D eigenvalue weighted by Crippen LogP contribution is -2.23. The first kappa shape index (κ1) is 20.7. The molecule has 0 aliphatic rings. The molecule has 0 saturated carbocycles. The Morgan fingerprint density at radius 3 is 2.17 bits per heavy atom. The van der Waals surface area contributed by atoms with Crippen molar-refractivity contribution in [2.75, 3.05) is 22.5 Å². The second-order valence-corrected chi connectivity index (χ2v) is 7.16. The molecule has 3 rings (SSSR count). The van der Waals surface area contributed by atoms with Gasteiger partial charge in [-0.2, -0.15) is 0 Å². The molecular weight excluding hydrogens is 409 g/mol. The van der Waals surface area contributed by atoms with Crippen molar-refractivity contribution in [3.8, 4) is 0 Å². The van der Waals surface area contributed by atoms with E-state index in [2.05, 4.69) is 16.0 Å². The fraction of sp³-hybridized carbons (Fsp3) is 0.0909. The Bertz CT molecular complexity index is 1040. The van der Waals surface area contributed by atoms with Gasteiger partial charge in [-0.15, -0.1) is 0 Å². The zero-order valence-electron chi connectivity index (χ0n) is 15.6. The molecule has 0 radical (unpaired) electrons. The summed E-state index contributed by atoms with van der Waals surface area (Å²) >= 11 is 11.9. The molecule has 0 aliphatic carbocycles. The molecule has 0 bridgehead atoms. The molecule has 0 aliphatic heterocycles. The summed E-state index contributed by atoms with van der Waals surface area (Å²) in [5.74, 6) is -0.496. The molecule has 0 atom stereocenters. The Labute approximate surface area is 179 Å². The molecule has 3 aromatic carbocycles. The summed E-state index contributed by atoms with van der Waals surface area (Å²) in [7, 11) is 0. The maximum Gasteiger partial charge on any atom is 0.255 e. The van der Waals surface area contributed by atoms with Crippen molar-refractivity contribution in [3.05, 3.63) is 87.9 Å². The zero-order valence-corrected chi connectivity index (χ0v) is 17.1. The molecule has 0 unspecified atom stereocenters. The number of para-hydroxylation sites is 2. The highest BCUT2D eigenvalue weighted by Gasteiger charge is 2.11. The quantitative estimate of drug-likeness (QED) is 0.478. The van der Waals surface area contributed by atoms with Crippen LogP contribution in [0.5, 0.6) is 0 Å². The van der Waals surface area contributed by atoms with E-state index in [1.165, 1.54) is 0 Å². The number of carbonyl (C=O) groups excluding carboxylic acids is 2. The third-order valence-corrected chi connectivity index (χ3v) is 4.92. The van der Waals surface area contributed by atoms with Crippen molar-refractivity contribution in [3.63, 3.8) is 0 Å². The summed E-state index contributed by atoms with van der Waals surface area (Å²) in [5.41, 5.74) is 3.15. The van der Waals surface area contributed by atoms with Crippen LogP contribution in [0.1, 0.15) is 15.9 Å². The van der Waals surface area contributed by atoms with E-state index in [1.54, 1.807) is 60.7 Å². The van der Waals surface area contributed by atoms with Gasteiger partial charge < -0.3 is 16.0 Å². The molecule has 0 fully saturated rings. The largest absolute Gasteiger partial charge is 0.374 e. The average Bonchev–Trinajstić information content (AvgIpc) is 2.71. The Balaban J connectivity index is 1.64. The highest BCUT2D eigenvalue weighted by Crippen LogP contribution is 2.24. The van der Waals surface area contributed by atoms with Gasteiger partial charge >= 0.3 is 0 Å². The monoisotopic (exact) mass is 427 g/mol. The van der Waals surface area contributed by atoms with Crippen LogP contribution in [0.15, 0.2) is 66.7 Å². The van der Waals surface area contributed by atoms with Crippen LogP contribution in [-0.4, -0.2) is 18.4 Å². The number of amides is 2. The van der Waals surface area contributed by atoms with Crippen molar-refractivity contribution < 1.29 is 9.59 Å². The van der Waals surface area contributed by atoms with Crippen LogP contribution in [-0.2, 0) is 4.79 Å². The summed E-state index contributed by atoms with van der Waals surface area (Å²) < 4.78 is 0. The Morgan fingerprint density at radius 2 is 1.45 bits per heavy atom. The topological polar surface area (TPSA) is 70.2 Å². The van der Waals surface area contributed by atoms with Crippen LogP contribution in [0.3, 0.4) is 0 Å². The van der Waals surface area contributed by atoms with Gasteiger partial charge in [0.15, 0.2) is 0 Å². The molecule has 5 nitrogen and oxygen atoms in total. The summed E-state index contributed by atoms with van der Waals surface area (Å²) in [6.45, 7) is 1.87. The van der Waals surface area contributed by atoms with Crippen LogP contribution in [0.25, 0.3) is 0 Å². The average molecular weight is 428 g/mol. The first-order valence-corrected chi connectivity index (χ1v) is 9.64. The molecule has 0 saturated heterocycles. The molecule has 3 N–H and O–H groups in total. The van der Waals surface area contributed by atoms with Crippen molar-refractivity contribution in [2.24, 2.45) is 0 Å². The third-order valence-electron chi connectivity index (χ3n) is 4.26. The lowest BCUT2D eigenvalue weighted by Gasteiger charge is -2.14. The molecule has 148 valence electrons. The second kappa shape index (κ2) is 9.45. The summed E-state index contributed by atoms with van der Waals surface area (Å²) in [4.78, 5) is 24.8. The maximum atomic E-state index is 12.5. The standard InChI is InChI=1S/C22H19Cl2N3O2/c1-14-17(24)5-4-8-18(14)26-21(28)13-25-19-6-2-3-7-20(19)27-22(29)15-9-11-16(23)12-10-15/h2-12,25H,13H2,1H3,(H,26,28)(H,27,29). The van der Waals surface area contributed by atoms with Gasteiger partial charge in [0.05, 0.1) is 17.9 Å². The van der Waals surface area contributed by atoms with Crippen molar-refractivity contribution in [2.45, 2.75) is 6.92 Å². The number of carbonyl (C=O) groups is 2. The first-order valence-electron chi connectivity index (χ1n) is 8.89. The SMILES string of the molecule is Cc1c(Cl)cccc1NC(=O)CNc1ccccc1NC(=O)c1ccc(Cl)cc1. The molecule has 29 heavy (non-hydrogen) atoms. The molecule has 3 aromatic rings. The number of halogens is 2. The number of nitrogens with one attached hydrogen (secondary N) is 3. The van der Waals surface area contributed by atoms with Crippen molar-refractivity contribution in [1.29, 1.82) is 0 Å². The fourth-order valence-corrected chi connectivity index (χ4v) is 2.96. The highest BCUT2D eigenvalue weighted by molar-refractivity contribution is 6.31. The molecular formula is C22H19Cl2N3O2. The van der Waals surface area contributed by atoms with Gasteiger partial charge in [-0.3, -0.25) is 9.59 Å². The third kappa shape index (κ3) is 5.50. The summed E-state index contributed by atoms with van der Waals surface area (Å²) in [6.07, 6.45) is 0. The molecule has 2 amide bonds. The fourth-order valence-electron chi connectivity index (χ4n) is 2.65. The predicted octanol–water partition coefficient (Wildman–Crippen LogP) is 5.60. The van der Waals surface area contributed by atoms with Crippen molar-refractivity contribution >= 4 is 52.1 Å². The van der Waals surface area contributed by atoms with E-state index in [-0.39, 0.29) is 18.4 Å². The zero-order chi connectivity index (χ0) is 20.8. The van der Waals surface area contributed by atoms with E-state index in [0.717, 1.165) is 5.56 Å². The number of anilines is 3. The molecule has 0 spiro atoms. The number of hydrogen-bond donors (Lipinski definition) is 3. The Kier molecular flexibility index (Phi) is 6.75. The molecule has 7 heteroatoms. The highest BCUT2D eigenvalue weighted by atomic mass is 35.5. The minimum absolute atomic E-state index is 0.0276.